The van der Waals surface area contributed by atoms with Gasteiger partial charge in [0.1, 0.15) is 0 Å². The Hall–Kier alpha value is -0.480. The third-order valence-corrected chi connectivity index (χ3v) is 4.74. The second kappa shape index (κ2) is 4.18. The van der Waals surface area contributed by atoms with E-state index in [2.05, 4.69) is 46.0 Å². The van der Waals surface area contributed by atoms with Gasteiger partial charge in [0, 0.05) is 12.5 Å². The Morgan fingerprint density at radius 2 is 1.80 bits per heavy atom. The van der Waals surface area contributed by atoms with Crippen LogP contribution >= 0.6 is 0 Å². The van der Waals surface area contributed by atoms with E-state index >= 15 is 0 Å². The Kier molecular flexibility index (Phi) is 3.51. The van der Waals surface area contributed by atoms with Gasteiger partial charge in [0.15, 0.2) is 0 Å². The lowest BCUT2D eigenvalue weighted by Gasteiger charge is -2.17. The highest BCUT2D eigenvalue weighted by Gasteiger charge is 2.66. The molecule has 0 aromatic carbocycles. The third kappa shape index (κ3) is 2.06. The highest BCUT2D eigenvalue weighted by molar-refractivity contribution is 5.16. The summed E-state index contributed by atoms with van der Waals surface area (Å²) in [6, 6.07) is 0.628. The second-order valence-electron chi connectivity index (χ2n) is 5.91. The molecular formula is C14H25N. The summed E-state index contributed by atoms with van der Waals surface area (Å²) >= 11 is 0. The molecule has 1 rings (SSSR count). The highest BCUT2D eigenvalue weighted by atomic mass is 14.9. The predicted molar refractivity (Wildman–Crippen MR) is 66.6 cm³/mol. The van der Waals surface area contributed by atoms with Crippen molar-refractivity contribution in [2.45, 2.75) is 53.0 Å². The van der Waals surface area contributed by atoms with Crippen molar-refractivity contribution in [3.63, 3.8) is 0 Å². The summed E-state index contributed by atoms with van der Waals surface area (Å²) in [5.74, 6) is 3.51. The monoisotopic (exact) mass is 207 g/mol. The molecular weight excluding hydrogens is 182 g/mol. The van der Waals surface area contributed by atoms with Crippen molar-refractivity contribution >= 4 is 0 Å². The molecule has 0 radical (unpaired) electrons. The van der Waals surface area contributed by atoms with Crippen LogP contribution in [0.15, 0.2) is 0 Å². The van der Waals surface area contributed by atoms with Crippen molar-refractivity contribution in [3.8, 4) is 12.3 Å². The van der Waals surface area contributed by atoms with E-state index in [-0.39, 0.29) is 0 Å². The molecule has 1 saturated carbocycles. The molecule has 0 aromatic rings. The summed E-state index contributed by atoms with van der Waals surface area (Å²) in [5.41, 5.74) is 0.938. The summed E-state index contributed by atoms with van der Waals surface area (Å²) in [7, 11) is 2.07. The molecule has 1 fully saturated rings. The van der Waals surface area contributed by atoms with Crippen LogP contribution in [0.5, 0.6) is 0 Å². The molecule has 15 heavy (non-hydrogen) atoms. The van der Waals surface area contributed by atoms with Crippen molar-refractivity contribution in [2.75, 3.05) is 7.05 Å². The van der Waals surface area contributed by atoms with Gasteiger partial charge < -0.3 is 5.32 Å². The van der Waals surface area contributed by atoms with Gasteiger partial charge in [0.2, 0.25) is 0 Å². The van der Waals surface area contributed by atoms with Crippen LogP contribution in [0.25, 0.3) is 0 Å². The van der Waals surface area contributed by atoms with Gasteiger partial charge in [-0.05, 0) is 36.6 Å². The lowest BCUT2D eigenvalue weighted by Crippen LogP contribution is -2.30. The lowest BCUT2D eigenvalue weighted by molar-refractivity contribution is 0.394. The van der Waals surface area contributed by atoms with E-state index in [0.717, 1.165) is 18.8 Å². The molecule has 0 aromatic heterocycles. The maximum absolute atomic E-state index is 5.28. The SMILES string of the molecule is C#CCCCC(NC)C1C(C)(C)C1(C)C. The van der Waals surface area contributed by atoms with Crippen LogP contribution in [-0.4, -0.2) is 13.1 Å². The van der Waals surface area contributed by atoms with Crippen molar-refractivity contribution < 1.29 is 0 Å². The minimum atomic E-state index is 0.469. The molecule has 1 atom stereocenters. The Morgan fingerprint density at radius 3 is 2.13 bits per heavy atom. The molecule has 0 saturated heterocycles. The van der Waals surface area contributed by atoms with Crippen LogP contribution in [0, 0.1) is 29.1 Å². The lowest BCUT2D eigenvalue weighted by atomic mass is 9.99. The van der Waals surface area contributed by atoms with Gasteiger partial charge in [-0.1, -0.05) is 27.7 Å². The third-order valence-electron chi connectivity index (χ3n) is 4.74. The number of unbranched alkanes of at least 4 members (excludes halogenated alkanes) is 1. The first-order chi connectivity index (χ1) is 6.89. The number of rotatable bonds is 5. The molecule has 0 heterocycles. The van der Waals surface area contributed by atoms with Crippen LogP contribution in [-0.2, 0) is 0 Å². The smallest absolute Gasteiger partial charge is 0.0103 e. The van der Waals surface area contributed by atoms with Crippen LogP contribution < -0.4 is 5.32 Å². The van der Waals surface area contributed by atoms with Gasteiger partial charge in [-0.25, -0.2) is 0 Å². The van der Waals surface area contributed by atoms with Crippen LogP contribution in [0.3, 0.4) is 0 Å². The number of hydrogen-bond donors (Lipinski definition) is 1. The van der Waals surface area contributed by atoms with Crippen LogP contribution in [0.1, 0.15) is 47.0 Å². The van der Waals surface area contributed by atoms with Gasteiger partial charge in [-0.3, -0.25) is 0 Å². The van der Waals surface area contributed by atoms with E-state index in [4.69, 9.17) is 6.42 Å². The van der Waals surface area contributed by atoms with Gasteiger partial charge in [-0.15, -0.1) is 12.3 Å². The normalized spacial score (nSPS) is 24.5. The van der Waals surface area contributed by atoms with Crippen molar-refractivity contribution in [1.82, 2.24) is 5.32 Å². The molecule has 1 nitrogen and oxygen atoms in total. The van der Waals surface area contributed by atoms with E-state index in [0.29, 0.717) is 16.9 Å². The van der Waals surface area contributed by atoms with Crippen molar-refractivity contribution in [1.29, 1.82) is 0 Å². The number of nitrogens with one attached hydrogen (secondary N) is 1. The standard InChI is InChI=1S/C14H25N/c1-7-8-9-10-11(15-6)12-13(2,3)14(12,4)5/h1,11-12,15H,8-10H2,2-6H3. The van der Waals surface area contributed by atoms with Crippen LogP contribution in [0.2, 0.25) is 0 Å². The fourth-order valence-electron chi connectivity index (χ4n) is 3.16. The molecule has 1 unspecified atom stereocenters. The van der Waals surface area contributed by atoms with E-state index in [1.807, 2.05) is 0 Å². The minimum Gasteiger partial charge on any atom is -0.317 e. The maximum Gasteiger partial charge on any atom is 0.0103 e. The van der Waals surface area contributed by atoms with Gasteiger partial charge in [0.25, 0.3) is 0 Å². The first kappa shape index (κ1) is 12.6. The summed E-state index contributed by atoms with van der Waals surface area (Å²) in [4.78, 5) is 0. The Labute approximate surface area is 95.0 Å². The summed E-state index contributed by atoms with van der Waals surface area (Å²) < 4.78 is 0. The van der Waals surface area contributed by atoms with E-state index < -0.39 is 0 Å². The Morgan fingerprint density at radius 1 is 1.27 bits per heavy atom. The highest BCUT2D eigenvalue weighted by Crippen LogP contribution is 2.69. The van der Waals surface area contributed by atoms with E-state index in [9.17, 15) is 0 Å². The van der Waals surface area contributed by atoms with Gasteiger partial charge in [-0.2, -0.15) is 0 Å². The second-order valence-corrected chi connectivity index (χ2v) is 5.91. The minimum absolute atomic E-state index is 0.469. The fraction of sp³-hybridized carbons (Fsp3) is 0.857. The number of terminal acetylenes is 1. The predicted octanol–water partition coefficient (Wildman–Crippen LogP) is 3.06. The zero-order chi connectivity index (χ0) is 11.7. The molecule has 0 bridgehead atoms. The molecule has 86 valence electrons. The largest absolute Gasteiger partial charge is 0.317 e. The first-order valence-electron chi connectivity index (χ1n) is 6.00. The quantitative estimate of drug-likeness (QED) is 0.539. The topological polar surface area (TPSA) is 12.0 Å². The summed E-state index contributed by atoms with van der Waals surface area (Å²) in [6.07, 6.45) is 8.54. The molecule has 1 aliphatic rings. The van der Waals surface area contributed by atoms with Gasteiger partial charge in [0.05, 0.1) is 0 Å². The van der Waals surface area contributed by atoms with E-state index in [1.165, 1.54) is 6.42 Å². The van der Waals surface area contributed by atoms with E-state index in [1.54, 1.807) is 0 Å². The Bertz CT molecular complexity index is 243. The zero-order valence-electron chi connectivity index (χ0n) is 10.9. The summed E-state index contributed by atoms with van der Waals surface area (Å²) in [5, 5.41) is 3.47. The Balaban J connectivity index is 2.52. The molecule has 0 spiro atoms. The average molecular weight is 207 g/mol. The number of hydrogen-bond acceptors (Lipinski definition) is 1. The molecule has 0 aliphatic heterocycles. The van der Waals surface area contributed by atoms with Crippen molar-refractivity contribution in [3.05, 3.63) is 0 Å². The molecule has 1 aliphatic carbocycles. The van der Waals surface area contributed by atoms with Gasteiger partial charge >= 0.3 is 0 Å². The van der Waals surface area contributed by atoms with Crippen molar-refractivity contribution in [2.24, 2.45) is 16.7 Å². The first-order valence-corrected chi connectivity index (χ1v) is 6.00. The zero-order valence-corrected chi connectivity index (χ0v) is 10.9. The fourth-order valence-corrected chi connectivity index (χ4v) is 3.16. The molecule has 1 N–H and O–H groups in total. The maximum atomic E-state index is 5.28. The molecule has 1 heteroatoms. The average Bonchev–Trinajstić information content (AvgIpc) is 2.54. The van der Waals surface area contributed by atoms with Crippen LogP contribution in [0.4, 0.5) is 0 Å². The summed E-state index contributed by atoms with van der Waals surface area (Å²) in [6.45, 7) is 9.51. The molecule has 0 amide bonds.